The predicted molar refractivity (Wildman–Crippen MR) is 69.7 cm³/mol. The van der Waals surface area contributed by atoms with Crippen molar-refractivity contribution in [2.24, 2.45) is 0 Å². The largest absolute Gasteiger partial charge is 0.357 e. The second kappa shape index (κ2) is 4.94. The molecule has 4 nitrogen and oxygen atoms in total. The second-order valence-corrected chi connectivity index (χ2v) is 7.04. The molecule has 2 aliphatic carbocycles. The quantitative estimate of drug-likeness (QED) is 0.911. The lowest BCUT2D eigenvalue weighted by atomic mass is 9.99. The Hall–Kier alpha value is -0.620. The Labute approximate surface area is 109 Å². The van der Waals surface area contributed by atoms with Crippen LogP contribution in [0.15, 0.2) is 4.34 Å². The van der Waals surface area contributed by atoms with Gasteiger partial charge >= 0.3 is 0 Å². The first kappa shape index (κ1) is 11.5. The average molecular weight is 269 g/mol. The van der Waals surface area contributed by atoms with Gasteiger partial charge in [0.05, 0.1) is 5.25 Å². The van der Waals surface area contributed by atoms with E-state index in [4.69, 9.17) is 0 Å². The molecule has 0 unspecified atom stereocenters. The highest BCUT2D eigenvalue weighted by molar-refractivity contribution is 8.02. The number of rotatable bonds is 4. The zero-order valence-corrected chi connectivity index (χ0v) is 11.1. The number of anilines is 1. The van der Waals surface area contributed by atoms with Crippen molar-refractivity contribution in [3.63, 3.8) is 0 Å². The minimum absolute atomic E-state index is 0.116. The van der Waals surface area contributed by atoms with Gasteiger partial charge in [0.1, 0.15) is 5.78 Å². The first-order chi connectivity index (χ1) is 8.31. The molecule has 0 radical (unpaired) electrons. The van der Waals surface area contributed by atoms with Crippen LogP contribution in [0.25, 0.3) is 0 Å². The third-order valence-electron chi connectivity index (χ3n) is 3.05. The van der Waals surface area contributed by atoms with Gasteiger partial charge in [0, 0.05) is 12.5 Å². The average Bonchev–Trinajstić information content (AvgIpc) is 3.02. The summed E-state index contributed by atoms with van der Waals surface area (Å²) in [5.41, 5.74) is 0. The van der Waals surface area contributed by atoms with Crippen molar-refractivity contribution in [2.45, 2.75) is 54.2 Å². The molecule has 2 aliphatic rings. The monoisotopic (exact) mass is 269 g/mol. The molecule has 0 spiro atoms. The predicted octanol–water partition coefficient (Wildman–Crippen LogP) is 2.72. The Bertz CT molecular complexity index is 417. The van der Waals surface area contributed by atoms with E-state index in [0.29, 0.717) is 11.8 Å². The fourth-order valence-electron chi connectivity index (χ4n) is 1.92. The van der Waals surface area contributed by atoms with E-state index in [-0.39, 0.29) is 5.25 Å². The van der Waals surface area contributed by atoms with Crippen LogP contribution in [0.4, 0.5) is 5.13 Å². The molecule has 0 aromatic carbocycles. The van der Waals surface area contributed by atoms with Crippen molar-refractivity contribution in [3.8, 4) is 0 Å². The van der Waals surface area contributed by atoms with Crippen LogP contribution in [0.1, 0.15) is 38.5 Å². The number of Topliss-reactive ketones (excluding diaryl/α,β-unsaturated/α-hetero) is 1. The zero-order valence-electron chi connectivity index (χ0n) is 9.52. The fourth-order valence-corrected chi connectivity index (χ4v) is 4.11. The molecule has 92 valence electrons. The van der Waals surface area contributed by atoms with Gasteiger partial charge in [-0.3, -0.25) is 4.79 Å². The number of carbonyl (C=O) groups excluding carboxylic acids is 1. The molecule has 1 N–H and O–H groups in total. The molecule has 2 fully saturated rings. The highest BCUT2D eigenvalue weighted by Gasteiger charge is 2.26. The first-order valence-corrected chi connectivity index (χ1v) is 7.80. The number of carbonyl (C=O) groups is 1. The molecule has 1 aromatic heterocycles. The summed E-state index contributed by atoms with van der Waals surface area (Å²) >= 11 is 3.17. The topological polar surface area (TPSA) is 54.9 Å². The molecule has 1 atom stereocenters. The number of nitrogens with zero attached hydrogens (tertiary/aromatic N) is 2. The molecule has 17 heavy (non-hydrogen) atoms. The number of nitrogens with one attached hydrogen (secondary N) is 1. The van der Waals surface area contributed by atoms with E-state index in [1.54, 1.807) is 23.1 Å². The smallest absolute Gasteiger partial charge is 0.206 e. The standard InChI is InChI=1S/C11H15N3OS2/c15-8-3-1-2-4-9(8)16-11-14-13-10(17-11)12-7-5-6-7/h7,9H,1-6H2,(H,12,13)/t9-/m1/s1. The zero-order chi connectivity index (χ0) is 11.7. The van der Waals surface area contributed by atoms with Crippen LogP contribution in [0.2, 0.25) is 0 Å². The van der Waals surface area contributed by atoms with Crippen LogP contribution in [0, 0.1) is 0 Å². The molecular formula is C11H15N3OS2. The minimum Gasteiger partial charge on any atom is -0.357 e. The molecule has 0 aliphatic heterocycles. The highest BCUT2D eigenvalue weighted by atomic mass is 32.2. The summed E-state index contributed by atoms with van der Waals surface area (Å²) in [6.07, 6.45) is 6.43. The Balaban J connectivity index is 1.59. The SMILES string of the molecule is O=C1CCCC[C@H]1Sc1nnc(NC2CC2)s1. The van der Waals surface area contributed by atoms with Crippen LogP contribution in [0.3, 0.4) is 0 Å². The molecular weight excluding hydrogens is 254 g/mol. The maximum absolute atomic E-state index is 11.7. The summed E-state index contributed by atoms with van der Waals surface area (Å²) in [6, 6.07) is 0.608. The Morgan fingerprint density at radius 1 is 1.24 bits per heavy atom. The first-order valence-electron chi connectivity index (χ1n) is 6.11. The highest BCUT2D eigenvalue weighted by Crippen LogP contribution is 2.35. The van der Waals surface area contributed by atoms with E-state index in [1.807, 2.05) is 0 Å². The van der Waals surface area contributed by atoms with Gasteiger partial charge in [-0.25, -0.2) is 0 Å². The van der Waals surface area contributed by atoms with Crippen molar-refractivity contribution in [2.75, 3.05) is 5.32 Å². The number of ketones is 1. The van der Waals surface area contributed by atoms with Crippen molar-refractivity contribution in [1.82, 2.24) is 10.2 Å². The van der Waals surface area contributed by atoms with E-state index in [9.17, 15) is 4.79 Å². The Kier molecular flexibility index (Phi) is 3.33. The molecule has 0 bridgehead atoms. The molecule has 3 rings (SSSR count). The minimum atomic E-state index is 0.116. The summed E-state index contributed by atoms with van der Waals surface area (Å²) in [5.74, 6) is 0.383. The summed E-state index contributed by atoms with van der Waals surface area (Å²) in [5, 5.41) is 12.6. The fraction of sp³-hybridized carbons (Fsp3) is 0.727. The molecule has 0 saturated heterocycles. The van der Waals surface area contributed by atoms with Crippen molar-refractivity contribution < 1.29 is 4.79 Å². The lowest BCUT2D eigenvalue weighted by Crippen LogP contribution is -2.21. The van der Waals surface area contributed by atoms with E-state index in [2.05, 4.69) is 15.5 Å². The number of hydrogen-bond donors (Lipinski definition) is 1. The van der Waals surface area contributed by atoms with Crippen molar-refractivity contribution in [1.29, 1.82) is 0 Å². The van der Waals surface area contributed by atoms with Gasteiger partial charge in [-0.15, -0.1) is 10.2 Å². The van der Waals surface area contributed by atoms with Crippen LogP contribution in [0.5, 0.6) is 0 Å². The Morgan fingerprint density at radius 3 is 2.88 bits per heavy atom. The van der Waals surface area contributed by atoms with Gasteiger partial charge in [-0.2, -0.15) is 0 Å². The van der Waals surface area contributed by atoms with E-state index in [0.717, 1.165) is 35.2 Å². The molecule has 0 amide bonds. The van der Waals surface area contributed by atoms with Crippen LogP contribution in [-0.4, -0.2) is 27.3 Å². The number of hydrogen-bond acceptors (Lipinski definition) is 6. The summed E-state index contributed by atoms with van der Waals surface area (Å²) in [7, 11) is 0. The third kappa shape index (κ3) is 2.98. The van der Waals surface area contributed by atoms with E-state index >= 15 is 0 Å². The summed E-state index contributed by atoms with van der Waals surface area (Å²) < 4.78 is 0.924. The normalized spacial score (nSPS) is 24.9. The lowest BCUT2D eigenvalue weighted by Gasteiger charge is -2.17. The van der Waals surface area contributed by atoms with Gasteiger partial charge < -0.3 is 5.32 Å². The van der Waals surface area contributed by atoms with Gasteiger partial charge in [-0.1, -0.05) is 29.5 Å². The maximum Gasteiger partial charge on any atom is 0.206 e. The number of thioether (sulfide) groups is 1. The number of aromatic nitrogens is 2. The van der Waals surface area contributed by atoms with Crippen molar-refractivity contribution >= 4 is 34.0 Å². The third-order valence-corrected chi connectivity index (χ3v) is 5.31. The van der Waals surface area contributed by atoms with Gasteiger partial charge in [0.15, 0.2) is 4.34 Å². The molecule has 2 saturated carbocycles. The second-order valence-electron chi connectivity index (χ2n) is 4.61. The van der Waals surface area contributed by atoms with Crippen molar-refractivity contribution in [3.05, 3.63) is 0 Å². The molecule has 1 aromatic rings. The maximum atomic E-state index is 11.7. The lowest BCUT2D eigenvalue weighted by molar-refractivity contribution is -0.119. The van der Waals surface area contributed by atoms with Gasteiger partial charge in [-0.05, 0) is 25.7 Å². The summed E-state index contributed by atoms with van der Waals surface area (Å²) in [4.78, 5) is 11.7. The Morgan fingerprint density at radius 2 is 2.12 bits per heavy atom. The molecule has 1 heterocycles. The summed E-state index contributed by atoms with van der Waals surface area (Å²) in [6.45, 7) is 0. The van der Waals surface area contributed by atoms with Gasteiger partial charge in [0.2, 0.25) is 5.13 Å². The van der Waals surface area contributed by atoms with Crippen LogP contribution >= 0.6 is 23.1 Å². The van der Waals surface area contributed by atoms with E-state index in [1.165, 1.54) is 12.8 Å². The van der Waals surface area contributed by atoms with Crippen LogP contribution < -0.4 is 5.32 Å². The van der Waals surface area contributed by atoms with E-state index < -0.39 is 0 Å². The van der Waals surface area contributed by atoms with Gasteiger partial charge in [0.25, 0.3) is 0 Å². The van der Waals surface area contributed by atoms with Crippen LogP contribution in [-0.2, 0) is 4.79 Å². The molecule has 6 heteroatoms.